The van der Waals surface area contributed by atoms with Crippen LogP contribution in [0.4, 0.5) is 5.69 Å². The number of carboxylic acid groups (broad SMARTS) is 1. The summed E-state index contributed by atoms with van der Waals surface area (Å²) in [5.74, 6) is -1.33. The van der Waals surface area contributed by atoms with Gasteiger partial charge < -0.3 is 20.0 Å². The lowest BCUT2D eigenvalue weighted by atomic mass is 10.1. The van der Waals surface area contributed by atoms with Crippen LogP contribution in [0.5, 0.6) is 5.75 Å². The average molecular weight is 284 g/mol. The van der Waals surface area contributed by atoms with E-state index in [1.807, 2.05) is 6.92 Å². The maximum atomic E-state index is 12.3. The molecule has 0 saturated heterocycles. The standard InChI is InChI=1S/C16H15NO4/c1-2-21-14-10-6-4-8-12(14)15(18)17-13-9-5-3-7-11(13)16(19)20/h3-10H,2H2,1H3,(H,17,18)(H,19,20)/p-1. The van der Waals surface area contributed by atoms with Crippen LogP contribution in [0.25, 0.3) is 0 Å². The van der Waals surface area contributed by atoms with E-state index in [-0.39, 0.29) is 11.3 Å². The van der Waals surface area contributed by atoms with Gasteiger partial charge >= 0.3 is 0 Å². The fraction of sp³-hybridized carbons (Fsp3) is 0.125. The van der Waals surface area contributed by atoms with Crippen molar-refractivity contribution in [1.29, 1.82) is 0 Å². The van der Waals surface area contributed by atoms with Gasteiger partial charge in [0.1, 0.15) is 5.75 Å². The van der Waals surface area contributed by atoms with Gasteiger partial charge in [0.2, 0.25) is 0 Å². The second kappa shape index (κ2) is 6.56. The fourth-order valence-corrected chi connectivity index (χ4v) is 1.90. The summed E-state index contributed by atoms with van der Waals surface area (Å²) in [4.78, 5) is 23.3. The van der Waals surface area contributed by atoms with E-state index in [9.17, 15) is 14.7 Å². The van der Waals surface area contributed by atoms with Gasteiger partial charge in [0.25, 0.3) is 5.91 Å². The minimum atomic E-state index is -1.34. The van der Waals surface area contributed by atoms with Crippen LogP contribution in [-0.2, 0) is 0 Å². The lowest BCUT2D eigenvalue weighted by molar-refractivity contribution is -0.254. The summed E-state index contributed by atoms with van der Waals surface area (Å²) >= 11 is 0. The molecule has 0 bridgehead atoms. The molecule has 2 rings (SSSR count). The van der Waals surface area contributed by atoms with Crippen molar-refractivity contribution in [3.05, 3.63) is 59.7 Å². The Labute approximate surface area is 122 Å². The highest BCUT2D eigenvalue weighted by Gasteiger charge is 2.13. The van der Waals surface area contributed by atoms with E-state index in [1.165, 1.54) is 12.1 Å². The molecule has 0 aliphatic rings. The largest absolute Gasteiger partial charge is 0.545 e. The normalized spacial score (nSPS) is 9.95. The molecule has 0 aliphatic carbocycles. The number of rotatable bonds is 5. The predicted molar refractivity (Wildman–Crippen MR) is 76.3 cm³/mol. The third kappa shape index (κ3) is 3.39. The molecule has 0 heterocycles. The van der Waals surface area contributed by atoms with Crippen molar-refractivity contribution in [2.45, 2.75) is 6.92 Å². The molecule has 0 aliphatic heterocycles. The summed E-state index contributed by atoms with van der Waals surface area (Å²) in [7, 11) is 0. The number of ether oxygens (including phenoxy) is 1. The second-order valence-corrected chi connectivity index (χ2v) is 4.22. The van der Waals surface area contributed by atoms with E-state index < -0.39 is 11.9 Å². The van der Waals surface area contributed by atoms with E-state index in [2.05, 4.69) is 5.32 Å². The maximum Gasteiger partial charge on any atom is 0.259 e. The number of benzene rings is 2. The minimum absolute atomic E-state index is 0.0697. The molecular formula is C16H14NO4-. The Morgan fingerprint density at radius 2 is 1.67 bits per heavy atom. The van der Waals surface area contributed by atoms with Crippen LogP contribution in [0.3, 0.4) is 0 Å². The summed E-state index contributed by atoms with van der Waals surface area (Å²) in [6.07, 6.45) is 0. The first-order valence-electron chi connectivity index (χ1n) is 6.47. The van der Waals surface area contributed by atoms with E-state index in [4.69, 9.17) is 4.74 Å². The molecule has 0 radical (unpaired) electrons. The van der Waals surface area contributed by atoms with Crippen LogP contribution in [0, 0.1) is 0 Å². The van der Waals surface area contributed by atoms with Gasteiger partial charge in [0.05, 0.1) is 23.8 Å². The molecular weight excluding hydrogens is 270 g/mol. The molecule has 2 aromatic carbocycles. The first-order valence-corrected chi connectivity index (χ1v) is 6.47. The molecule has 1 N–H and O–H groups in total. The van der Waals surface area contributed by atoms with Crippen LogP contribution in [0.15, 0.2) is 48.5 Å². The van der Waals surface area contributed by atoms with Crippen molar-refractivity contribution in [3.8, 4) is 5.75 Å². The highest BCUT2D eigenvalue weighted by molar-refractivity contribution is 6.08. The predicted octanol–water partition coefficient (Wildman–Crippen LogP) is 1.70. The number of hydrogen-bond donors (Lipinski definition) is 1. The lowest BCUT2D eigenvalue weighted by Crippen LogP contribution is -2.25. The third-order valence-corrected chi connectivity index (χ3v) is 2.83. The van der Waals surface area contributed by atoms with Crippen LogP contribution in [0.1, 0.15) is 27.6 Å². The average Bonchev–Trinajstić information content (AvgIpc) is 2.48. The van der Waals surface area contributed by atoms with Gasteiger partial charge in [0.15, 0.2) is 0 Å². The maximum absolute atomic E-state index is 12.3. The zero-order valence-electron chi connectivity index (χ0n) is 11.5. The van der Waals surface area contributed by atoms with Gasteiger partial charge in [-0.05, 0) is 25.1 Å². The molecule has 0 spiro atoms. The highest BCUT2D eigenvalue weighted by atomic mass is 16.5. The summed E-state index contributed by atoms with van der Waals surface area (Å²) in [6, 6.07) is 12.8. The number of anilines is 1. The Bertz CT molecular complexity index is 667. The minimum Gasteiger partial charge on any atom is -0.545 e. The van der Waals surface area contributed by atoms with Crippen LogP contribution in [0.2, 0.25) is 0 Å². The van der Waals surface area contributed by atoms with Gasteiger partial charge in [-0.25, -0.2) is 0 Å². The lowest BCUT2D eigenvalue weighted by Gasteiger charge is -2.13. The van der Waals surface area contributed by atoms with Gasteiger partial charge in [0, 0.05) is 5.56 Å². The Kier molecular flexibility index (Phi) is 4.56. The van der Waals surface area contributed by atoms with Gasteiger partial charge in [-0.15, -0.1) is 0 Å². The van der Waals surface area contributed by atoms with E-state index in [0.29, 0.717) is 17.9 Å². The van der Waals surface area contributed by atoms with E-state index in [1.54, 1.807) is 36.4 Å². The summed E-state index contributed by atoms with van der Waals surface area (Å²) < 4.78 is 5.38. The van der Waals surface area contributed by atoms with Gasteiger partial charge in [-0.3, -0.25) is 4.79 Å². The molecule has 0 saturated carbocycles. The number of aromatic carboxylic acids is 1. The number of para-hydroxylation sites is 2. The van der Waals surface area contributed by atoms with Crippen LogP contribution < -0.4 is 15.2 Å². The third-order valence-electron chi connectivity index (χ3n) is 2.83. The highest BCUT2D eigenvalue weighted by Crippen LogP contribution is 2.21. The van der Waals surface area contributed by atoms with Crippen LogP contribution >= 0.6 is 0 Å². The van der Waals surface area contributed by atoms with Gasteiger partial charge in [-0.2, -0.15) is 0 Å². The van der Waals surface area contributed by atoms with Crippen molar-refractivity contribution in [1.82, 2.24) is 0 Å². The zero-order valence-corrected chi connectivity index (χ0v) is 11.5. The first kappa shape index (κ1) is 14.6. The molecule has 5 nitrogen and oxygen atoms in total. The van der Waals surface area contributed by atoms with Crippen molar-refractivity contribution < 1.29 is 19.4 Å². The smallest absolute Gasteiger partial charge is 0.259 e. The number of amides is 1. The molecule has 5 heteroatoms. The Hall–Kier alpha value is -2.82. The van der Waals surface area contributed by atoms with Crippen LogP contribution in [-0.4, -0.2) is 18.5 Å². The van der Waals surface area contributed by atoms with Crippen molar-refractivity contribution in [2.24, 2.45) is 0 Å². The molecule has 0 unspecified atom stereocenters. The molecule has 108 valence electrons. The molecule has 0 aromatic heterocycles. The number of carboxylic acids is 1. The number of carbonyl (C=O) groups is 2. The summed E-state index contributed by atoms with van der Waals surface area (Å²) in [5, 5.41) is 13.6. The fourth-order valence-electron chi connectivity index (χ4n) is 1.90. The number of hydrogen-bond acceptors (Lipinski definition) is 4. The number of carbonyl (C=O) groups excluding carboxylic acids is 2. The second-order valence-electron chi connectivity index (χ2n) is 4.22. The molecule has 0 atom stereocenters. The molecule has 2 aromatic rings. The van der Waals surface area contributed by atoms with E-state index >= 15 is 0 Å². The molecule has 0 fully saturated rings. The summed E-state index contributed by atoms with van der Waals surface area (Å²) in [5.41, 5.74) is 0.459. The molecule has 1 amide bonds. The summed E-state index contributed by atoms with van der Waals surface area (Å²) in [6.45, 7) is 2.25. The number of nitrogens with one attached hydrogen (secondary N) is 1. The zero-order chi connectivity index (χ0) is 15.2. The van der Waals surface area contributed by atoms with Crippen molar-refractivity contribution in [2.75, 3.05) is 11.9 Å². The SMILES string of the molecule is CCOc1ccccc1C(=O)Nc1ccccc1C(=O)[O-]. The van der Waals surface area contributed by atoms with Crippen molar-refractivity contribution in [3.63, 3.8) is 0 Å². The quantitative estimate of drug-likeness (QED) is 0.906. The molecule has 21 heavy (non-hydrogen) atoms. The monoisotopic (exact) mass is 284 g/mol. The van der Waals surface area contributed by atoms with Crippen molar-refractivity contribution >= 4 is 17.6 Å². The topological polar surface area (TPSA) is 78.5 Å². The van der Waals surface area contributed by atoms with Gasteiger partial charge in [-0.1, -0.05) is 30.3 Å². The Morgan fingerprint density at radius 1 is 1.05 bits per heavy atom. The Balaban J connectivity index is 2.29. The Morgan fingerprint density at radius 3 is 2.33 bits per heavy atom. The van der Waals surface area contributed by atoms with E-state index in [0.717, 1.165) is 0 Å². The first-order chi connectivity index (χ1) is 10.1.